The molecular formula is C9H17N3OY-2. The van der Waals surface area contributed by atoms with Crippen LogP contribution in [0.3, 0.4) is 0 Å². The van der Waals surface area contributed by atoms with Gasteiger partial charge in [-0.1, -0.05) is 18.9 Å². The molecule has 0 heterocycles. The van der Waals surface area contributed by atoms with E-state index >= 15 is 0 Å². The number of carbonyl (C=O) groups excluding carboxylic acids is 1. The molecule has 0 bridgehead atoms. The van der Waals surface area contributed by atoms with E-state index in [4.69, 9.17) is 14.1 Å². The maximum Gasteiger partial charge on any atom is 0.0407 e. The number of hydrogen-bond acceptors (Lipinski definition) is 4. The van der Waals surface area contributed by atoms with E-state index in [1.807, 2.05) is 0 Å². The van der Waals surface area contributed by atoms with Gasteiger partial charge in [-0.3, -0.25) is 7.05 Å². The molecule has 5 radical (unpaired) electrons. The van der Waals surface area contributed by atoms with Crippen LogP contribution in [0.4, 0.5) is 0 Å². The fraction of sp³-hybridized carbons (Fsp3) is 0.556. The Bertz CT molecular complexity index is 104. The molecule has 0 spiro atoms. The standard InChI is InChI=1S/C8H13N2O.CH4N.Y/c1-9-6-4-3-5-8(7-11)10-2;1-2;/h1-2,8-10H,3-6H2;1-2H2;/q2*-1;. The maximum absolute atomic E-state index is 10.1. The summed E-state index contributed by atoms with van der Waals surface area (Å²) in [5.41, 5.74) is 4.25. The Hall–Kier alpha value is 0.654. The van der Waals surface area contributed by atoms with Crippen LogP contribution < -0.4 is 16.4 Å². The van der Waals surface area contributed by atoms with Crippen molar-refractivity contribution >= 4 is 6.29 Å². The van der Waals surface area contributed by atoms with Gasteiger partial charge in [-0.25, -0.2) is 6.29 Å². The van der Waals surface area contributed by atoms with Gasteiger partial charge in [0.2, 0.25) is 0 Å². The summed E-state index contributed by atoms with van der Waals surface area (Å²) < 4.78 is 0. The molecule has 0 amide bonds. The normalized spacial score (nSPS) is 10.6. The first-order chi connectivity index (χ1) is 6.35. The van der Waals surface area contributed by atoms with Crippen LogP contribution in [0.5, 0.6) is 0 Å². The predicted octanol–water partition coefficient (Wildman–Crippen LogP) is -0.114. The second kappa shape index (κ2) is 19.3. The Morgan fingerprint density at radius 3 is 2.29 bits per heavy atom. The molecule has 79 valence electrons. The molecule has 14 heavy (non-hydrogen) atoms. The van der Waals surface area contributed by atoms with Crippen LogP contribution in [0.25, 0.3) is 0 Å². The Morgan fingerprint density at radius 2 is 1.93 bits per heavy atom. The second-order valence-corrected chi connectivity index (χ2v) is 2.29. The minimum absolute atomic E-state index is 0. The van der Waals surface area contributed by atoms with E-state index in [0.29, 0.717) is 6.42 Å². The van der Waals surface area contributed by atoms with Crippen molar-refractivity contribution in [3.63, 3.8) is 0 Å². The first-order valence-electron chi connectivity index (χ1n) is 4.03. The predicted molar refractivity (Wildman–Crippen MR) is 52.6 cm³/mol. The summed E-state index contributed by atoms with van der Waals surface area (Å²) in [4.78, 5) is 10.1. The topological polar surface area (TPSA) is 67.1 Å². The van der Waals surface area contributed by atoms with Crippen LogP contribution in [-0.4, -0.2) is 18.9 Å². The summed E-state index contributed by atoms with van der Waals surface area (Å²) in [6.45, 7) is 0.760. The van der Waals surface area contributed by atoms with E-state index in [1.54, 1.807) is 6.29 Å². The van der Waals surface area contributed by atoms with Gasteiger partial charge in [-0.2, -0.15) is 0 Å². The van der Waals surface area contributed by atoms with Gasteiger partial charge in [-0.05, 0) is 13.0 Å². The molecule has 4 nitrogen and oxygen atoms in total. The molecule has 0 saturated carbocycles. The first-order valence-corrected chi connectivity index (χ1v) is 4.03. The average molecular weight is 272 g/mol. The van der Waals surface area contributed by atoms with Crippen molar-refractivity contribution in [3.8, 4) is 0 Å². The number of nitrogens with one attached hydrogen (secondary N) is 2. The van der Waals surface area contributed by atoms with Crippen molar-refractivity contribution in [1.82, 2.24) is 10.6 Å². The zero-order valence-corrected chi connectivity index (χ0v) is 11.2. The summed E-state index contributed by atoms with van der Waals surface area (Å²) in [6.07, 6.45) is 4.35. The van der Waals surface area contributed by atoms with Crippen molar-refractivity contribution in [2.24, 2.45) is 5.73 Å². The van der Waals surface area contributed by atoms with Crippen molar-refractivity contribution in [3.05, 3.63) is 21.1 Å². The third-order valence-electron chi connectivity index (χ3n) is 1.41. The fourth-order valence-electron chi connectivity index (χ4n) is 0.752. The van der Waals surface area contributed by atoms with Gasteiger partial charge < -0.3 is 21.2 Å². The van der Waals surface area contributed by atoms with Crippen LogP contribution in [-0.2, 0) is 37.5 Å². The maximum atomic E-state index is 10.1. The quantitative estimate of drug-likeness (QED) is 0.343. The first kappa shape index (κ1) is 20.1. The van der Waals surface area contributed by atoms with Gasteiger partial charge in [0.1, 0.15) is 0 Å². The van der Waals surface area contributed by atoms with Crippen molar-refractivity contribution in [2.75, 3.05) is 6.54 Å². The van der Waals surface area contributed by atoms with Gasteiger partial charge in [0, 0.05) is 46.8 Å². The van der Waals surface area contributed by atoms with Gasteiger partial charge >= 0.3 is 0 Å². The molecule has 0 aromatic rings. The molecule has 0 saturated heterocycles. The van der Waals surface area contributed by atoms with Crippen LogP contribution in [0.15, 0.2) is 0 Å². The van der Waals surface area contributed by atoms with Gasteiger partial charge in [0.25, 0.3) is 0 Å². The van der Waals surface area contributed by atoms with E-state index in [9.17, 15) is 4.79 Å². The monoisotopic (exact) mass is 272 g/mol. The molecule has 0 aliphatic rings. The molecular weight excluding hydrogens is 255 g/mol. The molecule has 0 aliphatic heterocycles. The number of nitrogens with two attached hydrogens (primary N) is 1. The molecule has 0 aromatic heterocycles. The third-order valence-corrected chi connectivity index (χ3v) is 1.41. The zero-order valence-electron chi connectivity index (χ0n) is 8.33. The number of hydrogen-bond donors (Lipinski definition) is 3. The van der Waals surface area contributed by atoms with E-state index in [-0.39, 0.29) is 38.8 Å². The van der Waals surface area contributed by atoms with E-state index in [0.717, 1.165) is 19.4 Å². The van der Waals surface area contributed by atoms with Crippen molar-refractivity contribution in [2.45, 2.75) is 25.3 Å². The minimum atomic E-state index is -0.340. The van der Waals surface area contributed by atoms with Gasteiger partial charge in [-0.15, -0.1) is 0 Å². The Morgan fingerprint density at radius 1 is 1.36 bits per heavy atom. The summed E-state index contributed by atoms with van der Waals surface area (Å²) in [6, 6.07) is -0.340. The van der Waals surface area contributed by atoms with E-state index in [2.05, 4.69) is 23.4 Å². The second-order valence-electron chi connectivity index (χ2n) is 2.29. The van der Waals surface area contributed by atoms with Crippen LogP contribution in [0.2, 0.25) is 0 Å². The van der Waals surface area contributed by atoms with Crippen LogP contribution >= 0.6 is 0 Å². The number of unbranched alkanes of at least 4 members (excludes halogenated alkanes) is 1. The fourth-order valence-corrected chi connectivity index (χ4v) is 0.752. The summed E-state index contributed by atoms with van der Waals surface area (Å²) >= 11 is 0. The summed E-state index contributed by atoms with van der Waals surface area (Å²) in [7, 11) is 12.8. The number of rotatable bonds is 7. The Balaban J connectivity index is -0.000000376. The van der Waals surface area contributed by atoms with Crippen LogP contribution in [0, 0.1) is 21.1 Å². The summed E-state index contributed by atoms with van der Waals surface area (Å²) in [5, 5.41) is 4.88. The average Bonchev–Trinajstić information content (AvgIpc) is 2.21. The summed E-state index contributed by atoms with van der Waals surface area (Å²) in [5.74, 6) is 0. The molecule has 0 aromatic carbocycles. The zero-order chi connectivity index (χ0) is 10.5. The smallest absolute Gasteiger partial charge is 0.0407 e. The molecule has 1 atom stereocenters. The van der Waals surface area contributed by atoms with Crippen molar-refractivity contribution in [1.29, 1.82) is 0 Å². The molecule has 5 heteroatoms. The minimum Gasteiger partial charge on any atom is -0.540 e. The molecule has 0 fully saturated rings. The van der Waals surface area contributed by atoms with Crippen molar-refractivity contribution < 1.29 is 37.5 Å². The molecule has 4 N–H and O–H groups in total. The van der Waals surface area contributed by atoms with Gasteiger partial charge in [0.15, 0.2) is 0 Å². The third kappa shape index (κ3) is 15.1. The van der Waals surface area contributed by atoms with E-state index in [1.165, 1.54) is 0 Å². The Labute approximate surface area is 113 Å². The Kier molecular flexibility index (Phi) is 27.7. The largest absolute Gasteiger partial charge is 0.540 e. The SMILES string of the molecule is [CH2-]N.[CH]NCCCCC([C-]=O)N[CH].[Y]. The van der Waals surface area contributed by atoms with Gasteiger partial charge in [0.05, 0.1) is 0 Å². The molecule has 1 unspecified atom stereocenters. The molecule has 0 rings (SSSR count). The molecule has 0 aliphatic carbocycles. The van der Waals surface area contributed by atoms with Crippen LogP contribution in [0.1, 0.15) is 19.3 Å². The van der Waals surface area contributed by atoms with E-state index < -0.39 is 0 Å².